The Morgan fingerprint density at radius 3 is 2.72 bits per heavy atom. The summed E-state index contributed by atoms with van der Waals surface area (Å²) in [4.78, 5) is 19.2. The zero-order valence-corrected chi connectivity index (χ0v) is 15.4. The van der Waals surface area contributed by atoms with E-state index < -0.39 is 0 Å². The minimum Gasteiger partial charge on any atom is -0.466 e. The van der Waals surface area contributed by atoms with Crippen molar-refractivity contribution in [2.45, 2.75) is 52.6 Å². The molecular weight excluding hydrogens is 314 g/mol. The van der Waals surface area contributed by atoms with Crippen LogP contribution in [0.3, 0.4) is 0 Å². The van der Waals surface area contributed by atoms with E-state index in [1.807, 2.05) is 13.0 Å². The van der Waals surface area contributed by atoms with Gasteiger partial charge in [-0.2, -0.15) is 0 Å². The van der Waals surface area contributed by atoms with E-state index in [1.54, 1.807) is 0 Å². The highest BCUT2D eigenvalue weighted by atomic mass is 16.5. The van der Waals surface area contributed by atoms with Crippen LogP contribution in [-0.4, -0.2) is 40.1 Å². The van der Waals surface area contributed by atoms with E-state index in [2.05, 4.69) is 34.6 Å². The van der Waals surface area contributed by atoms with Crippen LogP contribution in [0.5, 0.6) is 0 Å². The van der Waals surface area contributed by atoms with E-state index >= 15 is 0 Å². The Morgan fingerprint density at radius 1 is 1.24 bits per heavy atom. The zero-order chi connectivity index (χ0) is 17.6. The number of aryl methyl sites for hydroxylation is 1. The maximum Gasteiger partial charge on any atom is 0.309 e. The molecule has 0 atom stereocenters. The molecule has 0 N–H and O–H groups in total. The van der Waals surface area contributed by atoms with Gasteiger partial charge in [-0.15, -0.1) is 0 Å². The van der Waals surface area contributed by atoms with E-state index in [0.717, 1.165) is 56.8 Å². The van der Waals surface area contributed by atoms with Crippen molar-refractivity contribution in [3.05, 3.63) is 30.1 Å². The van der Waals surface area contributed by atoms with E-state index in [1.165, 1.54) is 11.9 Å². The number of benzene rings is 1. The third kappa shape index (κ3) is 4.21. The fraction of sp³-hybridized carbons (Fsp3) is 0.600. The van der Waals surface area contributed by atoms with Crippen molar-refractivity contribution in [1.82, 2.24) is 14.5 Å². The number of ether oxygens (including phenoxy) is 1. The maximum atomic E-state index is 11.9. The van der Waals surface area contributed by atoms with Gasteiger partial charge in [0.25, 0.3) is 0 Å². The molecule has 0 bridgehead atoms. The largest absolute Gasteiger partial charge is 0.466 e. The molecule has 1 aromatic carbocycles. The average Bonchev–Trinajstić information content (AvgIpc) is 2.98. The van der Waals surface area contributed by atoms with Crippen LogP contribution in [0.15, 0.2) is 24.3 Å². The first-order valence-electron chi connectivity index (χ1n) is 9.56. The van der Waals surface area contributed by atoms with Gasteiger partial charge in [0.15, 0.2) is 0 Å². The summed E-state index contributed by atoms with van der Waals surface area (Å²) in [7, 11) is 0. The monoisotopic (exact) mass is 343 g/mol. The SMILES string of the molecule is CCCCn1c(CN2CCC(C(=O)OCC)CC2)nc2ccccc21. The first-order valence-corrected chi connectivity index (χ1v) is 9.56. The average molecular weight is 343 g/mol. The molecular formula is C20H29N3O2. The number of carbonyl (C=O) groups excluding carboxylic acids is 1. The lowest BCUT2D eigenvalue weighted by Gasteiger charge is -2.30. The van der Waals surface area contributed by atoms with Crippen LogP contribution in [0.2, 0.25) is 0 Å². The number of para-hydroxylation sites is 2. The maximum absolute atomic E-state index is 11.9. The topological polar surface area (TPSA) is 47.4 Å². The van der Waals surface area contributed by atoms with Crippen LogP contribution < -0.4 is 0 Å². The Labute approximate surface area is 150 Å². The van der Waals surface area contributed by atoms with Crippen molar-refractivity contribution in [1.29, 1.82) is 0 Å². The number of hydrogen-bond donors (Lipinski definition) is 0. The van der Waals surface area contributed by atoms with E-state index in [4.69, 9.17) is 9.72 Å². The molecule has 25 heavy (non-hydrogen) atoms. The van der Waals surface area contributed by atoms with Gasteiger partial charge in [-0.05, 0) is 51.4 Å². The molecule has 1 aliphatic rings. The Bertz CT molecular complexity index is 702. The molecule has 1 saturated heterocycles. The molecule has 3 rings (SSSR count). The van der Waals surface area contributed by atoms with Crippen LogP contribution in [0, 0.1) is 5.92 Å². The first-order chi connectivity index (χ1) is 12.2. The van der Waals surface area contributed by atoms with Crippen LogP contribution >= 0.6 is 0 Å². The summed E-state index contributed by atoms with van der Waals surface area (Å²) >= 11 is 0. The van der Waals surface area contributed by atoms with Gasteiger partial charge < -0.3 is 9.30 Å². The van der Waals surface area contributed by atoms with Crippen LogP contribution in [0.25, 0.3) is 11.0 Å². The lowest BCUT2D eigenvalue weighted by atomic mass is 9.97. The molecule has 5 nitrogen and oxygen atoms in total. The minimum atomic E-state index is -0.0302. The molecule has 5 heteroatoms. The summed E-state index contributed by atoms with van der Waals surface area (Å²) in [6.07, 6.45) is 4.11. The second-order valence-corrected chi connectivity index (χ2v) is 6.82. The van der Waals surface area contributed by atoms with Crippen LogP contribution in [-0.2, 0) is 22.6 Å². The summed E-state index contributed by atoms with van der Waals surface area (Å²) in [6, 6.07) is 8.39. The fourth-order valence-corrected chi connectivity index (χ4v) is 3.60. The van der Waals surface area contributed by atoms with E-state index in [0.29, 0.717) is 6.61 Å². The van der Waals surface area contributed by atoms with Gasteiger partial charge in [-0.25, -0.2) is 4.98 Å². The highest BCUT2D eigenvalue weighted by Gasteiger charge is 2.26. The highest BCUT2D eigenvalue weighted by molar-refractivity contribution is 5.76. The lowest BCUT2D eigenvalue weighted by Crippen LogP contribution is -2.37. The molecule has 1 aliphatic heterocycles. The first kappa shape index (κ1) is 17.9. The molecule has 0 aliphatic carbocycles. The standard InChI is InChI=1S/C20H29N3O2/c1-3-5-12-23-18-9-7-6-8-17(18)21-19(23)15-22-13-10-16(11-14-22)20(24)25-4-2/h6-9,16H,3-5,10-15H2,1-2H3. The predicted molar refractivity (Wildman–Crippen MR) is 99.3 cm³/mol. The molecule has 2 aromatic rings. The lowest BCUT2D eigenvalue weighted by molar-refractivity contribution is -0.149. The predicted octanol–water partition coefficient (Wildman–Crippen LogP) is 3.61. The smallest absolute Gasteiger partial charge is 0.309 e. The third-order valence-corrected chi connectivity index (χ3v) is 5.04. The fourth-order valence-electron chi connectivity index (χ4n) is 3.60. The van der Waals surface area contributed by atoms with Gasteiger partial charge in [0.1, 0.15) is 5.82 Å². The summed E-state index contributed by atoms with van der Waals surface area (Å²) in [5, 5.41) is 0. The molecule has 0 radical (unpaired) electrons. The molecule has 2 heterocycles. The van der Waals surface area contributed by atoms with Crippen molar-refractivity contribution < 1.29 is 9.53 Å². The Kier molecular flexibility index (Phi) is 6.08. The number of carbonyl (C=O) groups is 1. The number of piperidine rings is 1. The van der Waals surface area contributed by atoms with Crippen molar-refractivity contribution in [2.24, 2.45) is 5.92 Å². The van der Waals surface area contributed by atoms with Crippen molar-refractivity contribution in [3.63, 3.8) is 0 Å². The quantitative estimate of drug-likeness (QED) is 0.721. The summed E-state index contributed by atoms with van der Waals surface area (Å²) in [6.45, 7) is 8.30. The second-order valence-electron chi connectivity index (χ2n) is 6.82. The minimum absolute atomic E-state index is 0.0302. The third-order valence-electron chi connectivity index (χ3n) is 5.04. The van der Waals surface area contributed by atoms with Crippen molar-refractivity contribution >= 4 is 17.0 Å². The molecule has 0 unspecified atom stereocenters. The molecule has 0 amide bonds. The number of aromatic nitrogens is 2. The molecule has 0 spiro atoms. The summed E-state index contributed by atoms with van der Waals surface area (Å²) < 4.78 is 7.54. The number of rotatable bonds is 7. The molecule has 136 valence electrons. The highest BCUT2D eigenvalue weighted by Crippen LogP contribution is 2.22. The number of nitrogens with zero attached hydrogens (tertiary/aromatic N) is 3. The van der Waals surface area contributed by atoms with Gasteiger partial charge in [-0.3, -0.25) is 9.69 Å². The van der Waals surface area contributed by atoms with Gasteiger partial charge in [0.05, 0.1) is 30.1 Å². The number of unbranched alkanes of at least 4 members (excludes halogenated alkanes) is 1. The van der Waals surface area contributed by atoms with Gasteiger partial charge in [-0.1, -0.05) is 25.5 Å². The summed E-state index contributed by atoms with van der Waals surface area (Å²) in [5.74, 6) is 1.18. The molecule has 1 fully saturated rings. The molecule has 0 saturated carbocycles. The van der Waals surface area contributed by atoms with E-state index in [9.17, 15) is 4.79 Å². The Hall–Kier alpha value is -1.88. The second kappa shape index (κ2) is 8.48. The number of esters is 1. The molecule has 1 aromatic heterocycles. The number of imidazole rings is 1. The van der Waals surface area contributed by atoms with Gasteiger partial charge in [0.2, 0.25) is 0 Å². The summed E-state index contributed by atoms with van der Waals surface area (Å²) in [5.41, 5.74) is 2.31. The zero-order valence-electron chi connectivity index (χ0n) is 15.4. The van der Waals surface area contributed by atoms with Gasteiger partial charge in [0, 0.05) is 6.54 Å². The Morgan fingerprint density at radius 2 is 2.00 bits per heavy atom. The van der Waals surface area contributed by atoms with Crippen molar-refractivity contribution in [3.8, 4) is 0 Å². The van der Waals surface area contributed by atoms with E-state index in [-0.39, 0.29) is 11.9 Å². The number of hydrogen-bond acceptors (Lipinski definition) is 4. The van der Waals surface area contributed by atoms with Gasteiger partial charge >= 0.3 is 5.97 Å². The van der Waals surface area contributed by atoms with Crippen LogP contribution in [0.1, 0.15) is 45.4 Å². The normalized spacial score (nSPS) is 16.4. The number of fused-ring (bicyclic) bond motifs is 1. The van der Waals surface area contributed by atoms with Crippen LogP contribution in [0.4, 0.5) is 0 Å². The number of likely N-dealkylation sites (tertiary alicyclic amines) is 1. The van der Waals surface area contributed by atoms with Crippen molar-refractivity contribution in [2.75, 3.05) is 19.7 Å². The Balaban J connectivity index is 1.68.